The normalized spacial score (nSPS) is 10.4. The molecule has 0 bridgehead atoms. The Bertz CT molecular complexity index is 555. The summed E-state index contributed by atoms with van der Waals surface area (Å²) in [5.41, 5.74) is 0.0498. The Hall–Kier alpha value is -2.01. The number of halogens is 1. The van der Waals surface area contributed by atoms with Crippen LogP contribution in [0.25, 0.3) is 0 Å². The van der Waals surface area contributed by atoms with Crippen molar-refractivity contribution >= 4 is 17.6 Å². The molecular formula is C13H13ClN2O3. The van der Waals surface area contributed by atoms with Crippen LogP contribution >= 0.6 is 11.6 Å². The van der Waals surface area contributed by atoms with Crippen LogP contribution in [0.3, 0.4) is 0 Å². The maximum Gasteiger partial charge on any atom is 0.337 e. The standard InChI is InChI=1S/C13H13ClN2O3/c14-12-3-2-10(8-11(12)13(17)18)19-7-1-5-16-6-4-15-9-16/h2-4,6,8-9H,1,5,7H2,(H,17,18). The molecule has 1 heterocycles. The third-order valence-corrected chi connectivity index (χ3v) is 2.89. The van der Waals surface area contributed by atoms with Crippen LogP contribution in [0.1, 0.15) is 16.8 Å². The molecule has 0 fully saturated rings. The molecule has 0 saturated carbocycles. The number of carboxylic acids is 1. The highest BCUT2D eigenvalue weighted by Crippen LogP contribution is 2.22. The van der Waals surface area contributed by atoms with Crippen molar-refractivity contribution in [2.45, 2.75) is 13.0 Å². The molecule has 2 aromatic rings. The predicted molar refractivity (Wildman–Crippen MR) is 70.8 cm³/mol. The van der Waals surface area contributed by atoms with E-state index in [-0.39, 0.29) is 10.6 Å². The lowest BCUT2D eigenvalue weighted by atomic mass is 10.2. The smallest absolute Gasteiger partial charge is 0.337 e. The van der Waals surface area contributed by atoms with Crippen molar-refractivity contribution in [1.29, 1.82) is 0 Å². The van der Waals surface area contributed by atoms with Crippen LogP contribution in [-0.4, -0.2) is 27.2 Å². The Kier molecular flexibility index (Phi) is 4.41. The van der Waals surface area contributed by atoms with Crippen molar-refractivity contribution in [2.75, 3.05) is 6.61 Å². The lowest BCUT2D eigenvalue weighted by molar-refractivity contribution is 0.0696. The molecule has 1 aromatic heterocycles. The highest BCUT2D eigenvalue weighted by Gasteiger charge is 2.09. The Balaban J connectivity index is 1.86. The van der Waals surface area contributed by atoms with Crippen LogP contribution in [0.15, 0.2) is 36.9 Å². The van der Waals surface area contributed by atoms with E-state index in [1.54, 1.807) is 18.6 Å². The Labute approximate surface area is 115 Å². The minimum absolute atomic E-state index is 0.0498. The van der Waals surface area contributed by atoms with Gasteiger partial charge in [0.05, 0.1) is 23.5 Å². The minimum atomic E-state index is -1.06. The molecule has 0 aliphatic carbocycles. The number of imidazole rings is 1. The number of carboxylic acid groups (broad SMARTS) is 1. The summed E-state index contributed by atoms with van der Waals surface area (Å²) in [7, 11) is 0. The first-order valence-electron chi connectivity index (χ1n) is 5.78. The van der Waals surface area contributed by atoms with Gasteiger partial charge in [0, 0.05) is 18.9 Å². The summed E-state index contributed by atoms with van der Waals surface area (Å²) in [6, 6.07) is 4.62. The second-order valence-corrected chi connectivity index (χ2v) is 4.36. The van der Waals surface area contributed by atoms with E-state index in [9.17, 15) is 4.79 Å². The monoisotopic (exact) mass is 280 g/mol. The van der Waals surface area contributed by atoms with Crippen molar-refractivity contribution in [3.8, 4) is 5.75 Å². The summed E-state index contributed by atoms with van der Waals surface area (Å²) < 4.78 is 7.45. The van der Waals surface area contributed by atoms with Crippen LogP contribution in [0.5, 0.6) is 5.75 Å². The summed E-state index contributed by atoms with van der Waals surface area (Å²) in [6.07, 6.45) is 6.15. The van der Waals surface area contributed by atoms with E-state index in [0.717, 1.165) is 13.0 Å². The molecule has 0 aliphatic rings. The van der Waals surface area contributed by atoms with Crippen LogP contribution in [0, 0.1) is 0 Å². The summed E-state index contributed by atoms with van der Waals surface area (Å²) in [5.74, 6) is -0.554. The Morgan fingerprint density at radius 1 is 1.47 bits per heavy atom. The van der Waals surface area contributed by atoms with Gasteiger partial charge in [-0.15, -0.1) is 0 Å². The van der Waals surface area contributed by atoms with Gasteiger partial charge in [-0.05, 0) is 24.6 Å². The molecule has 2 rings (SSSR count). The molecule has 0 spiro atoms. The zero-order valence-electron chi connectivity index (χ0n) is 10.1. The van der Waals surface area contributed by atoms with Crippen LogP contribution < -0.4 is 4.74 Å². The van der Waals surface area contributed by atoms with Crippen molar-refractivity contribution in [2.24, 2.45) is 0 Å². The van der Waals surface area contributed by atoms with E-state index in [2.05, 4.69) is 4.98 Å². The quantitative estimate of drug-likeness (QED) is 0.826. The second kappa shape index (κ2) is 6.24. The van der Waals surface area contributed by atoms with Gasteiger partial charge in [0.1, 0.15) is 5.75 Å². The van der Waals surface area contributed by atoms with E-state index in [4.69, 9.17) is 21.4 Å². The lowest BCUT2D eigenvalue weighted by Gasteiger charge is -2.08. The Morgan fingerprint density at radius 2 is 2.32 bits per heavy atom. The van der Waals surface area contributed by atoms with Gasteiger partial charge in [-0.3, -0.25) is 0 Å². The second-order valence-electron chi connectivity index (χ2n) is 3.95. The molecule has 0 radical (unpaired) electrons. The molecule has 19 heavy (non-hydrogen) atoms. The fourth-order valence-electron chi connectivity index (χ4n) is 1.61. The number of carbonyl (C=O) groups is 1. The van der Waals surface area contributed by atoms with E-state index in [1.807, 2.05) is 10.8 Å². The number of benzene rings is 1. The average molecular weight is 281 g/mol. The number of ether oxygens (including phenoxy) is 1. The lowest BCUT2D eigenvalue weighted by Crippen LogP contribution is -2.04. The Morgan fingerprint density at radius 3 is 3.00 bits per heavy atom. The number of hydrogen-bond acceptors (Lipinski definition) is 3. The molecule has 1 aromatic carbocycles. The SMILES string of the molecule is O=C(O)c1cc(OCCCn2ccnc2)ccc1Cl. The van der Waals surface area contributed by atoms with Gasteiger partial charge in [-0.2, -0.15) is 0 Å². The van der Waals surface area contributed by atoms with Gasteiger partial charge in [0.15, 0.2) is 0 Å². The first kappa shape index (κ1) is 13.4. The summed E-state index contributed by atoms with van der Waals surface area (Å²) in [6.45, 7) is 1.30. The molecule has 0 atom stereocenters. The molecule has 5 nitrogen and oxygen atoms in total. The zero-order valence-corrected chi connectivity index (χ0v) is 10.9. The van der Waals surface area contributed by atoms with Gasteiger partial charge >= 0.3 is 5.97 Å². The number of aromatic carboxylic acids is 1. The molecule has 1 N–H and O–H groups in total. The largest absolute Gasteiger partial charge is 0.494 e. The zero-order chi connectivity index (χ0) is 13.7. The topological polar surface area (TPSA) is 64.3 Å². The summed E-state index contributed by atoms with van der Waals surface area (Å²) in [4.78, 5) is 14.9. The third kappa shape index (κ3) is 3.72. The van der Waals surface area contributed by atoms with E-state index < -0.39 is 5.97 Å². The molecule has 0 aliphatic heterocycles. The van der Waals surface area contributed by atoms with E-state index >= 15 is 0 Å². The van der Waals surface area contributed by atoms with E-state index in [0.29, 0.717) is 12.4 Å². The number of hydrogen-bond donors (Lipinski definition) is 1. The first-order valence-corrected chi connectivity index (χ1v) is 6.16. The van der Waals surface area contributed by atoms with Gasteiger partial charge in [0.2, 0.25) is 0 Å². The number of aromatic nitrogens is 2. The van der Waals surface area contributed by atoms with Crippen molar-refractivity contribution < 1.29 is 14.6 Å². The van der Waals surface area contributed by atoms with Crippen molar-refractivity contribution in [1.82, 2.24) is 9.55 Å². The summed E-state index contributed by atoms with van der Waals surface area (Å²) in [5, 5.41) is 9.14. The van der Waals surface area contributed by atoms with Crippen molar-refractivity contribution in [3.05, 3.63) is 47.5 Å². The third-order valence-electron chi connectivity index (χ3n) is 2.56. The fraction of sp³-hybridized carbons (Fsp3) is 0.231. The van der Waals surface area contributed by atoms with E-state index in [1.165, 1.54) is 12.1 Å². The number of rotatable bonds is 6. The molecule has 6 heteroatoms. The van der Waals surface area contributed by atoms with Gasteiger partial charge in [-0.25, -0.2) is 9.78 Å². The van der Waals surface area contributed by atoms with Gasteiger partial charge in [-0.1, -0.05) is 11.6 Å². The van der Waals surface area contributed by atoms with Crippen LogP contribution in [0.4, 0.5) is 0 Å². The molecule has 0 saturated heterocycles. The maximum absolute atomic E-state index is 10.9. The molecular weight excluding hydrogens is 268 g/mol. The van der Waals surface area contributed by atoms with Crippen LogP contribution in [0.2, 0.25) is 5.02 Å². The van der Waals surface area contributed by atoms with Gasteiger partial charge in [0.25, 0.3) is 0 Å². The first-order chi connectivity index (χ1) is 9.16. The number of nitrogens with zero attached hydrogens (tertiary/aromatic N) is 2. The average Bonchev–Trinajstić information content (AvgIpc) is 2.89. The molecule has 100 valence electrons. The van der Waals surface area contributed by atoms with Crippen LogP contribution in [-0.2, 0) is 6.54 Å². The fourth-order valence-corrected chi connectivity index (χ4v) is 1.81. The highest BCUT2D eigenvalue weighted by atomic mass is 35.5. The van der Waals surface area contributed by atoms with Gasteiger partial charge < -0.3 is 14.4 Å². The van der Waals surface area contributed by atoms with Crippen molar-refractivity contribution in [3.63, 3.8) is 0 Å². The predicted octanol–water partition coefficient (Wildman–Crippen LogP) is 2.70. The minimum Gasteiger partial charge on any atom is -0.494 e. The highest BCUT2D eigenvalue weighted by molar-refractivity contribution is 6.33. The molecule has 0 unspecified atom stereocenters. The number of aryl methyl sites for hydroxylation is 1. The summed E-state index contributed by atoms with van der Waals surface area (Å²) >= 11 is 5.77. The maximum atomic E-state index is 10.9. The molecule has 0 amide bonds.